The van der Waals surface area contributed by atoms with Crippen molar-refractivity contribution in [3.63, 3.8) is 0 Å². The van der Waals surface area contributed by atoms with Gasteiger partial charge in [-0.05, 0) is 59.5 Å². The molecule has 4 heteroatoms. The van der Waals surface area contributed by atoms with Gasteiger partial charge in [0, 0.05) is 18.6 Å². The number of carbonyl (C=O) groups excluding carboxylic acids is 1. The zero-order valence-corrected chi connectivity index (χ0v) is 12.6. The van der Waals surface area contributed by atoms with E-state index < -0.39 is 0 Å². The second kappa shape index (κ2) is 6.23. The van der Waals surface area contributed by atoms with E-state index in [4.69, 9.17) is 4.74 Å². The van der Waals surface area contributed by atoms with Crippen molar-refractivity contribution in [1.29, 1.82) is 0 Å². The third-order valence-corrected chi connectivity index (χ3v) is 4.00. The van der Waals surface area contributed by atoms with E-state index in [9.17, 15) is 4.79 Å². The van der Waals surface area contributed by atoms with Crippen molar-refractivity contribution in [2.45, 2.75) is 70.6 Å². The highest BCUT2D eigenvalue weighted by Crippen LogP contribution is 2.26. The van der Waals surface area contributed by atoms with E-state index in [1.165, 1.54) is 38.8 Å². The second-order valence-corrected chi connectivity index (χ2v) is 6.84. The van der Waals surface area contributed by atoms with Crippen LogP contribution in [0.3, 0.4) is 0 Å². The molecule has 1 N–H and O–H groups in total. The monoisotopic (exact) mass is 268 g/mol. The highest BCUT2D eigenvalue weighted by Gasteiger charge is 2.31. The number of ether oxygens (including phenoxy) is 1. The average molecular weight is 268 g/mol. The zero-order valence-electron chi connectivity index (χ0n) is 12.6. The fourth-order valence-corrected chi connectivity index (χ4v) is 3.18. The maximum atomic E-state index is 11.6. The lowest BCUT2D eigenvalue weighted by atomic mass is 9.97. The van der Waals surface area contributed by atoms with Crippen molar-refractivity contribution in [3.8, 4) is 0 Å². The molecule has 2 unspecified atom stereocenters. The molecule has 2 aliphatic rings. The summed E-state index contributed by atoms with van der Waals surface area (Å²) in [4.78, 5) is 14.2. The van der Waals surface area contributed by atoms with Gasteiger partial charge >= 0.3 is 5.97 Å². The largest absolute Gasteiger partial charge is 0.460 e. The molecule has 0 spiro atoms. The smallest absolute Gasteiger partial charge is 0.307 e. The van der Waals surface area contributed by atoms with Crippen molar-refractivity contribution in [3.05, 3.63) is 0 Å². The number of hydrogen-bond donors (Lipinski definition) is 1. The second-order valence-electron chi connectivity index (χ2n) is 6.84. The van der Waals surface area contributed by atoms with Crippen LogP contribution in [0.25, 0.3) is 0 Å². The Hall–Kier alpha value is -0.610. The lowest BCUT2D eigenvalue weighted by Crippen LogP contribution is -2.46. The third-order valence-electron chi connectivity index (χ3n) is 4.00. The van der Waals surface area contributed by atoms with Gasteiger partial charge in [-0.1, -0.05) is 0 Å². The Morgan fingerprint density at radius 3 is 2.84 bits per heavy atom. The van der Waals surface area contributed by atoms with E-state index in [0.29, 0.717) is 12.5 Å². The Labute approximate surface area is 116 Å². The molecule has 110 valence electrons. The van der Waals surface area contributed by atoms with Gasteiger partial charge in [-0.15, -0.1) is 0 Å². The zero-order chi connectivity index (χ0) is 13.9. The maximum Gasteiger partial charge on any atom is 0.307 e. The molecule has 2 saturated heterocycles. The normalized spacial score (nSPS) is 28.2. The van der Waals surface area contributed by atoms with Gasteiger partial charge in [0.25, 0.3) is 0 Å². The summed E-state index contributed by atoms with van der Waals surface area (Å²) in [6.07, 6.45) is 5.64. The molecular weight excluding hydrogens is 240 g/mol. The first kappa shape index (κ1) is 14.8. The minimum atomic E-state index is -0.369. The molecule has 2 rings (SSSR count). The number of fused-ring (bicyclic) bond motifs is 1. The fourth-order valence-electron chi connectivity index (χ4n) is 3.18. The Bertz CT molecular complexity index is 312. The highest BCUT2D eigenvalue weighted by atomic mass is 16.6. The SMILES string of the molecule is CC(C)(C)OC(=O)CCNC1CCN2CCCC2C1. The quantitative estimate of drug-likeness (QED) is 0.791. The Kier molecular flexibility index (Phi) is 4.85. The molecule has 2 aliphatic heterocycles. The van der Waals surface area contributed by atoms with E-state index in [0.717, 1.165) is 12.6 Å². The molecule has 2 heterocycles. The Balaban J connectivity index is 1.62. The van der Waals surface area contributed by atoms with Crippen molar-refractivity contribution >= 4 is 5.97 Å². The Morgan fingerprint density at radius 1 is 1.32 bits per heavy atom. The van der Waals surface area contributed by atoms with Gasteiger partial charge in [0.1, 0.15) is 5.60 Å². The molecule has 4 nitrogen and oxygen atoms in total. The van der Waals surface area contributed by atoms with E-state index in [2.05, 4.69) is 10.2 Å². The van der Waals surface area contributed by atoms with Crippen molar-refractivity contribution in [2.75, 3.05) is 19.6 Å². The maximum absolute atomic E-state index is 11.6. The predicted octanol–water partition coefficient (Wildman–Crippen LogP) is 1.93. The van der Waals surface area contributed by atoms with Crippen LogP contribution in [0.2, 0.25) is 0 Å². The molecule has 2 fully saturated rings. The molecular formula is C15H28N2O2. The van der Waals surface area contributed by atoms with Crippen LogP contribution in [-0.2, 0) is 9.53 Å². The van der Waals surface area contributed by atoms with Crippen LogP contribution < -0.4 is 5.32 Å². The molecule has 0 aromatic carbocycles. The minimum Gasteiger partial charge on any atom is -0.460 e. The number of piperidine rings is 1. The number of nitrogens with one attached hydrogen (secondary N) is 1. The van der Waals surface area contributed by atoms with Crippen LogP contribution in [0, 0.1) is 0 Å². The van der Waals surface area contributed by atoms with Crippen LogP contribution in [-0.4, -0.2) is 48.2 Å². The van der Waals surface area contributed by atoms with Crippen LogP contribution in [0.15, 0.2) is 0 Å². The summed E-state index contributed by atoms with van der Waals surface area (Å²) in [5.41, 5.74) is -0.369. The van der Waals surface area contributed by atoms with Crippen LogP contribution in [0.5, 0.6) is 0 Å². The van der Waals surface area contributed by atoms with E-state index >= 15 is 0 Å². The summed E-state index contributed by atoms with van der Waals surface area (Å²) in [5.74, 6) is -0.0988. The summed E-state index contributed by atoms with van der Waals surface area (Å²) in [6, 6.07) is 1.37. The number of hydrogen-bond acceptors (Lipinski definition) is 4. The van der Waals surface area contributed by atoms with Gasteiger partial charge in [-0.25, -0.2) is 0 Å². The first-order chi connectivity index (χ1) is 8.94. The van der Waals surface area contributed by atoms with Gasteiger partial charge in [-0.2, -0.15) is 0 Å². The molecule has 0 aliphatic carbocycles. The van der Waals surface area contributed by atoms with Crippen molar-refractivity contribution < 1.29 is 9.53 Å². The van der Waals surface area contributed by atoms with Gasteiger partial charge in [0.2, 0.25) is 0 Å². The van der Waals surface area contributed by atoms with Gasteiger partial charge in [0.15, 0.2) is 0 Å². The molecule has 0 saturated carbocycles. The third kappa shape index (κ3) is 4.77. The van der Waals surface area contributed by atoms with E-state index in [1.807, 2.05) is 20.8 Å². The number of esters is 1. The molecule has 0 aromatic heterocycles. The fraction of sp³-hybridized carbons (Fsp3) is 0.933. The number of carbonyl (C=O) groups is 1. The summed E-state index contributed by atoms with van der Waals surface area (Å²) >= 11 is 0. The van der Waals surface area contributed by atoms with E-state index in [1.54, 1.807) is 0 Å². The first-order valence-electron chi connectivity index (χ1n) is 7.63. The summed E-state index contributed by atoms with van der Waals surface area (Å²) in [7, 11) is 0. The molecule has 19 heavy (non-hydrogen) atoms. The summed E-state index contributed by atoms with van der Waals surface area (Å²) in [5, 5.41) is 3.52. The molecule has 0 radical (unpaired) electrons. The van der Waals surface area contributed by atoms with Crippen LogP contribution in [0.1, 0.15) is 52.9 Å². The van der Waals surface area contributed by atoms with Gasteiger partial charge < -0.3 is 15.0 Å². The summed E-state index contributed by atoms with van der Waals surface area (Å²) < 4.78 is 5.31. The van der Waals surface area contributed by atoms with Crippen molar-refractivity contribution in [2.24, 2.45) is 0 Å². The summed E-state index contributed by atoms with van der Waals surface area (Å²) in [6.45, 7) is 8.98. The number of rotatable bonds is 4. The minimum absolute atomic E-state index is 0.0988. The lowest BCUT2D eigenvalue weighted by molar-refractivity contribution is -0.154. The highest BCUT2D eigenvalue weighted by molar-refractivity contribution is 5.70. The van der Waals surface area contributed by atoms with Crippen LogP contribution >= 0.6 is 0 Å². The number of nitrogens with zero attached hydrogens (tertiary/aromatic N) is 1. The Morgan fingerprint density at radius 2 is 2.11 bits per heavy atom. The lowest BCUT2D eigenvalue weighted by Gasteiger charge is -2.35. The van der Waals surface area contributed by atoms with Crippen LogP contribution in [0.4, 0.5) is 0 Å². The molecule has 2 atom stereocenters. The molecule has 0 aromatic rings. The topological polar surface area (TPSA) is 41.6 Å². The standard InChI is InChI=1S/C15H28N2O2/c1-15(2,3)19-14(18)6-8-16-12-7-10-17-9-4-5-13(17)11-12/h12-13,16H,4-11H2,1-3H3. The predicted molar refractivity (Wildman–Crippen MR) is 76.1 cm³/mol. The molecule has 0 amide bonds. The van der Waals surface area contributed by atoms with Gasteiger partial charge in [-0.3, -0.25) is 4.79 Å². The van der Waals surface area contributed by atoms with Gasteiger partial charge in [0.05, 0.1) is 6.42 Å². The van der Waals surface area contributed by atoms with Crippen molar-refractivity contribution in [1.82, 2.24) is 10.2 Å². The first-order valence-corrected chi connectivity index (χ1v) is 7.63. The molecule has 0 bridgehead atoms. The van der Waals surface area contributed by atoms with E-state index in [-0.39, 0.29) is 11.6 Å². The average Bonchev–Trinajstić information content (AvgIpc) is 2.73.